The fourth-order valence-electron chi connectivity index (χ4n) is 3.74. The summed E-state index contributed by atoms with van der Waals surface area (Å²) >= 11 is 0. The second kappa shape index (κ2) is 8.87. The van der Waals surface area contributed by atoms with Crippen LogP contribution >= 0.6 is 12.4 Å². The van der Waals surface area contributed by atoms with Crippen molar-refractivity contribution in [3.05, 3.63) is 35.4 Å². The Bertz CT molecular complexity index is 644. The van der Waals surface area contributed by atoms with E-state index in [9.17, 15) is 9.59 Å². The summed E-state index contributed by atoms with van der Waals surface area (Å²) in [6.07, 6.45) is 4.14. The molecule has 1 aromatic carbocycles. The van der Waals surface area contributed by atoms with Gasteiger partial charge in [0.2, 0.25) is 5.91 Å². The van der Waals surface area contributed by atoms with E-state index in [1.54, 1.807) is 0 Å². The normalized spacial score (nSPS) is 21.4. The zero-order valence-electron chi connectivity index (χ0n) is 15.6. The van der Waals surface area contributed by atoms with Crippen LogP contribution in [0.4, 0.5) is 0 Å². The molecule has 2 amide bonds. The molecule has 1 aliphatic carbocycles. The maximum Gasteiger partial charge on any atom is 0.251 e. The number of nitrogens with one attached hydrogen (secondary N) is 3. The average molecular weight is 380 g/mol. The van der Waals surface area contributed by atoms with Gasteiger partial charge in [0.15, 0.2) is 0 Å². The monoisotopic (exact) mass is 379 g/mol. The first-order chi connectivity index (χ1) is 12.0. The van der Waals surface area contributed by atoms with Crippen molar-refractivity contribution in [2.75, 3.05) is 13.1 Å². The van der Waals surface area contributed by atoms with Gasteiger partial charge in [0.25, 0.3) is 5.91 Å². The Labute approximate surface area is 162 Å². The molecule has 0 radical (unpaired) electrons. The van der Waals surface area contributed by atoms with Gasteiger partial charge in [-0.25, -0.2) is 0 Å². The van der Waals surface area contributed by atoms with Crippen LogP contribution in [0.5, 0.6) is 0 Å². The van der Waals surface area contributed by atoms with E-state index in [-0.39, 0.29) is 41.6 Å². The second-order valence-corrected chi connectivity index (χ2v) is 7.57. The number of hydrogen-bond donors (Lipinski definition) is 3. The van der Waals surface area contributed by atoms with E-state index in [1.165, 1.54) is 0 Å². The van der Waals surface area contributed by atoms with Crippen molar-refractivity contribution in [3.8, 4) is 0 Å². The lowest BCUT2D eigenvalue weighted by Crippen LogP contribution is -2.33. The number of carbonyl (C=O) groups is 2. The highest BCUT2D eigenvalue weighted by molar-refractivity contribution is 5.94. The van der Waals surface area contributed by atoms with Gasteiger partial charge in [-0.2, -0.15) is 0 Å². The van der Waals surface area contributed by atoms with Gasteiger partial charge in [0.05, 0.1) is 0 Å². The maximum absolute atomic E-state index is 12.4. The number of carbonyl (C=O) groups excluding carboxylic acids is 2. The topological polar surface area (TPSA) is 70.2 Å². The Morgan fingerprint density at radius 2 is 2.04 bits per heavy atom. The van der Waals surface area contributed by atoms with Crippen LogP contribution in [-0.2, 0) is 11.3 Å². The molecule has 3 N–H and O–H groups in total. The number of benzene rings is 1. The fraction of sp³-hybridized carbons (Fsp3) is 0.600. The lowest BCUT2D eigenvalue weighted by Gasteiger charge is -2.23. The van der Waals surface area contributed by atoms with E-state index in [0.717, 1.165) is 44.3 Å². The SMILES string of the molecule is CCC(C)NC(=O)c1cccc(CNC(=O)C2CC23CCNCC3)c1.Cl. The second-order valence-electron chi connectivity index (χ2n) is 7.57. The first-order valence-corrected chi connectivity index (χ1v) is 9.42. The number of rotatable bonds is 6. The largest absolute Gasteiger partial charge is 0.352 e. The van der Waals surface area contributed by atoms with E-state index < -0.39 is 0 Å². The Morgan fingerprint density at radius 1 is 1.31 bits per heavy atom. The fourth-order valence-corrected chi connectivity index (χ4v) is 3.74. The zero-order valence-corrected chi connectivity index (χ0v) is 16.5. The Hall–Kier alpha value is -1.59. The van der Waals surface area contributed by atoms with Crippen molar-refractivity contribution < 1.29 is 9.59 Å². The Morgan fingerprint density at radius 3 is 2.73 bits per heavy atom. The summed E-state index contributed by atoms with van der Waals surface area (Å²) in [6.45, 7) is 6.57. The van der Waals surface area contributed by atoms with E-state index in [1.807, 2.05) is 38.1 Å². The van der Waals surface area contributed by atoms with Gasteiger partial charge in [-0.1, -0.05) is 19.1 Å². The van der Waals surface area contributed by atoms with Gasteiger partial charge >= 0.3 is 0 Å². The van der Waals surface area contributed by atoms with Crippen LogP contribution in [0.1, 0.15) is 55.5 Å². The third-order valence-electron chi connectivity index (χ3n) is 5.75. The van der Waals surface area contributed by atoms with Gasteiger partial charge in [-0.15, -0.1) is 12.4 Å². The van der Waals surface area contributed by atoms with Crippen LogP contribution < -0.4 is 16.0 Å². The number of hydrogen-bond acceptors (Lipinski definition) is 3. The van der Waals surface area contributed by atoms with Crippen molar-refractivity contribution in [2.24, 2.45) is 11.3 Å². The molecule has 0 bridgehead atoms. The molecule has 2 atom stereocenters. The highest BCUT2D eigenvalue weighted by Crippen LogP contribution is 2.58. The van der Waals surface area contributed by atoms with Crippen LogP contribution in [0.25, 0.3) is 0 Å². The minimum Gasteiger partial charge on any atom is -0.352 e. The van der Waals surface area contributed by atoms with Crippen LogP contribution in [0.2, 0.25) is 0 Å². The van der Waals surface area contributed by atoms with Crippen molar-refractivity contribution in [1.82, 2.24) is 16.0 Å². The van der Waals surface area contributed by atoms with Crippen molar-refractivity contribution >= 4 is 24.2 Å². The van der Waals surface area contributed by atoms with Gasteiger partial charge < -0.3 is 16.0 Å². The van der Waals surface area contributed by atoms with Gasteiger partial charge in [-0.3, -0.25) is 9.59 Å². The smallest absolute Gasteiger partial charge is 0.251 e. The summed E-state index contributed by atoms with van der Waals surface area (Å²) in [6, 6.07) is 7.66. The Kier molecular flexibility index (Phi) is 7.07. The molecular formula is C20H30ClN3O2. The molecule has 1 heterocycles. The molecule has 0 aromatic heterocycles. The van der Waals surface area contributed by atoms with E-state index in [4.69, 9.17) is 0 Å². The van der Waals surface area contributed by atoms with Crippen molar-refractivity contribution in [2.45, 2.75) is 52.1 Å². The summed E-state index contributed by atoms with van der Waals surface area (Å²) in [4.78, 5) is 24.7. The van der Waals surface area contributed by atoms with Crippen molar-refractivity contribution in [3.63, 3.8) is 0 Å². The van der Waals surface area contributed by atoms with Crippen LogP contribution in [0, 0.1) is 11.3 Å². The lowest BCUT2D eigenvalue weighted by atomic mass is 9.92. The molecule has 1 aliphatic heterocycles. The summed E-state index contributed by atoms with van der Waals surface area (Å²) in [7, 11) is 0. The maximum atomic E-state index is 12.4. The van der Waals surface area contributed by atoms with Gasteiger partial charge in [0, 0.05) is 24.1 Å². The molecule has 144 valence electrons. The summed E-state index contributed by atoms with van der Waals surface area (Å²) < 4.78 is 0. The Balaban J connectivity index is 0.00000243. The minimum atomic E-state index is -0.0571. The molecule has 2 fully saturated rings. The zero-order chi connectivity index (χ0) is 17.9. The summed E-state index contributed by atoms with van der Waals surface area (Å²) in [5.41, 5.74) is 1.87. The molecule has 2 aliphatic rings. The molecule has 1 saturated heterocycles. The van der Waals surface area contributed by atoms with Crippen LogP contribution in [0.15, 0.2) is 24.3 Å². The molecule has 3 rings (SSSR count). The first-order valence-electron chi connectivity index (χ1n) is 9.42. The number of halogens is 1. The molecule has 1 saturated carbocycles. The standard InChI is InChI=1S/C20H29N3O2.ClH/c1-3-14(2)23-18(24)16-6-4-5-15(11-16)13-22-19(25)17-12-20(17)7-9-21-10-8-20;/h4-6,11,14,17,21H,3,7-10,12-13H2,1-2H3,(H,22,25)(H,23,24);1H. The number of piperidine rings is 1. The molecule has 1 spiro atoms. The minimum absolute atomic E-state index is 0. The molecule has 5 nitrogen and oxygen atoms in total. The lowest BCUT2D eigenvalue weighted by molar-refractivity contribution is -0.123. The highest BCUT2D eigenvalue weighted by Gasteiger charge is 2.57. The quantitative estimate of drug-likeness (QED) is 0.711. The molecule has 26 heavy (non-hydrogen) atoms. The number of amides is 2. The molecule has 1 aromatic rings. The average Bonchev–Trinajstić information content (AvgIpc) is 3.33. The van der Waals surface area contributed by atoms with E-state index in [2.05, 4.69) is 16.0 Å². The van der Waals surface area contributed by atoms with Gasteiger partial charge in [-0.05, 0) is 68.8 Å². The predicted molar refractivity (Wildman–Crippen MR) is 105 cm³/mol. The van der Waals surface area contributed by atoms with Crippen LogP contribution in [0.3, 0.4) is 0 Å². The highest BCUT2D eigenvalue weighted by atomic mass is 35.5. The van der Waals surface area contributed by atoms with E-state index >= 15 is 0 Å². The van der Waals surface area contributed by atoms with Gasteiger partial charge in [0.1, 0.15) is 0 Å². The molecular weight excluding hydrogens is 350 g/mol. The summed E-state index contributed by atoms with van der Waals surface area (Å²) in [5, 5.41) is 9.39. The van der Waals surface area contributed by atoms with Crippen molar-refractivity contribution in [1.29, 1.82) is 0 Å². The van der Waals surface area contributed by atoms with Crippen LogP contribution in [-0.4, -0.2) is 30.9 Å². The summed E-state index contributed by atoms with van der Waals surface area (Å²) in [5.74, 6) is 0.279. The predicted octanol–water partition coefficient (Wildman–Crippen LogP) is 2.64. The molecule has 6 heteroatoms. The van der Waals surface area contributed by atoms with E-state index in [0.29, 0.717) is 12.1 Å². The third-order valence-corrected chi connectivity index (χ3v) is 5.75. The molecule has 2 unspecified atom stereocenters. The first kappa shape index (κ1) is 20.7. The third kappa shape index (κ3) is 4.77.